The summed E-state index contributed by atoms with van der Waals surface area (Å²) in [6.45, 7) is 1.73. The van der Waals surface area contributed by atoms with Gasteiger partial charge in [-0.1, -0.05) is 64.1 Å². The minimum absolute atomic E-state index is 0.0137. The standard InChI is InChI=1S/C15H8Cl5FO2/c1-2-23-15(22)7-5-6(3-4-8(7)21)9-10(16)12(18)14(20)13(19)11(9)17/h3-5H,2H2,1H3. The molecule has 0 amide bonds. The minimum atomic E-state index is -0.801. The Morgan fingerprint density at radius 3 is 2.04 bits per heavy atom. The summed E-state index contributed by atoms with van der Waals surface area (Å²) in [6.07, 6.45) is 0. The Labute approximate surface area is 157 Å². The number of esters is 1. The van der Waals surface area contributed by atoms with Crippen molar-refractivity contribution in [1.82, 2.24) is 0 Å². The molecule has 122 valence electrons. The van der Waals surface area contributed by atoms with Crippen molar-refractivity contribution >= 4 is 64.0 Å². The summed E-state index contributed by atoms with van der Waals surface area (Å²) in [5, 5.41) is 0.138. The van der Waals surface area contributed by atoms with Crippen LogP contribution in [0, 0.1) is 5.82 Å². The van der Waals surface area contributed by atoms with Crippen LogP contribution in [0.2, 0.25) is 25.1 Å². The number of hydrogen-bond acceptors (Lipinski definition) is 2. The fourth-order valence-corrected chi connectivity index (χ4v) is 3.26. The van der Waals surface area contributed by atoms with Gasteiger partial charge in [-0.25, -0.2) is 9.18 Å². The van der Waals surface area contributed by atoms with E-state index in [4.69, 9.17) is 62.7 Å². The number of carbonyl (C=O) groups is 1. The molecule has 2 rings (SSSR count). The lowest BCUT2D eigenvalue weighted by Gasteiger charge is -2.13. The number of benzene rings is 2. The Hall–Kier alpha value is -0.710. The Bertz CT molecular complexity index is 763. The average Bonchev–Trinajstić information content (AvgIpc) is 2.53. The lowest BCUT2D eigenvalue weighted by molar-refractivity contribution is 0.0521. The van der Waals surface area contributed by atoms with Gasteiger partial charge in [0.05, 0.1) is 37.3 Å². The predicted molar refractivity (Wildman–Crippen MR) is 92.8 cm³/mol. The molecular formula is C15H8Cl5FO2. The first-order valence-electron chi connectivity index (χ1n) is 6.28. The van der Waals surface area contributed by atoms with E-state index < -0.39 is 11.8 Å². The van der Waals surface area contributed by atoms with Gasteiger partial charge in [0.1, 0.15) is 5.82 Å². The lowest BCUT2D eigenvalue weighted by atomic mass is 10.0. The largest absolute Gasteiger partial charge is 0.462 e. The van der Waals surface area contributed by atoms with Gasteiger partial charge in [0.25, 0.3) is 0 Å². The quantitative estimate of drug-likeness (QED) is 0.308. The number of ether oxygens (including phenoxy) is 1. The maximum absolute atomic E-state index is 13.8. The van der Waals surface area contributed by atoms with E-state index in [-0.39, 0.29) is 42.8 Å². The van der Waals surface area contributed by atoms with Gasteiger partial charge in [0.2, 0.25) is 0 Å². The molecule has 0 unspecified atom stereocenters. The summed E-state index contributed by atoms with van der Waals surface area (Å²) in [5.74, 6) is -1.53. The van der Waals surface area contributed by atoms with Crippen LogP contribution in [0.15, 0.2) is 18.2 Å². The molecule has 0 aromatic heterocycles. The summed E-state index contributed by atoms with van der Waals surface area (Å²) in [6, 6.07) is 3.76. The van der Waals surface area contributed by atoms with Gasteiger partial charge in [-0.05, 0) is 24.6 Å². The molecule has 0 atom stereocenters. The molecule has 0 bridgehead atoms. The van der Waals surface area contributed by atoms with Crippen molar-refractivity contribution < 1.29 is 13.9 Å². The zero-order chi connectivity index (χ0) is 17.3. The van der Waals surface area contributed by atoms with Crippen LogP contribution in [0.1, 0.15) is 17.3 Å². The van der Waals surface area contributed by atoms with Gasteiger partial charge >= 0.3 is 5.97 Å². The second kappa shape index (κ2) is 7.45. The van der Waals surface area contributed by atoms with Crippen LogP contribution in [0.25, 0.3) is 11.1 Å². The molecule has 0 radical (unpaired) electrons. The van der Waals surface area contributed by atoms with E-state index in [1.54, 1.807) is 6.92 Å². The smallest absolute Gasteiger partial charge is 0.341 e. The van der Waals surface area contributed by atoms with Gasteiger partial charge in [0.15, 0.2) is 0 Å². The molecule has 0 spiro atoms. The third-order valence-electron chi connectivity index (χ3n) is 2.96. The van der Waals surface area contributed by atoms with Gasteiger partial charge < -0.3 is 4.74 Å². The Kier molecular flexibility index (Phi) is 6.04. The molecule has 0 fully saturated rings. The van der Waals surface area contributed by atoms with Crippen molar-refractivity contribution in [1.29, 1.82) is 0 Å². The number of halogens is 6. The first-order valence-corrected chi connectivity index (χ1v) is 8.17. The highest BCUT2D eigenvalue weighted by Crippen LogP contribution is 2.48. The SMILES string of the molecule is CCOC(=O)c1cc(-c2c(Cl)c(Cl)c(Cl)c(Cl)c2Cl)ccc1F. The van der Waals surface area contributed by atoms with E-state index in [2.05, 4.69) is 0 Å². The molecule has 2 aromatic carbocycles. The third kappa shape index (κ3) is 3.54. The Morgan fingerprint density at radius 2 is 1.52 bits per heavy atom. The minimum Gasteiger partial charge on any atom is -0.462 e. The molecule has 0 N–H and O–H groups in total. The van der Waals surface area contributed by atoms with Crippen LogP contribution in [0.3, 0.4) is 0 Å². The molecule has 2 nitrogen and oxygen atoms in total. The van der Waals surface area contributed by atoms with Gasteiger partial charge in [-0.15, -0.1) is 0 Å². The van der Waals surface area contributed by atoms with Gasteiger partial charge in [-0.2, -0.15) is 0 Å². The van der Waals surface area contributed by atoms with E-state index in [0.717, 1.165) is 6.07 Å². The molecule has 0 aliphatic carbocycles. The molecule has 0 aliphatic rings. The number of carbonyl (C=O) groups excluding carboxylic acids is 1. The Morgan fingerprint density at radius 1 is 1.00 bits per heavy atom. The van der Waals surface area contributed by atoms with E-state index in [1.807, 2.05) is 0 Å². The summed E-state index contributed by atoms with van der Waals surface area (Å²) in [4.78, 5) is 11.8. The molecule has 0 saturated carbocycles. The summed E-state index contributed by atoms with van der Waals surface area (Å²) >= 11 is 30.3. The van der Waals surface area contributed by atoms with Crippen LogP contribution in [-0.2, 0) is 4.74 Å². The zero-order valence-electron chi connectivity index (χ0n) is 11.5. The fraction of sp³-hybridized carbons (Fsp3) is 0.133. The highest BCUT2D eigenvalue weighted by Gasteiger charge is 2.22. The van der Waals surface area contributed by atoms with Crippen molar-refractivity contribution in [2.75, 3.05) is 6.61 Å². The predicted octanol–water partition coefficient (Wildman–Crippen LogP) is 6.94. The van der Waals surface area contributed by atoms with Crippen molar-refractivity contribution in [3.05, 3.63) is 54.7 Å². The molecule has 8 heteroatoms. The molecule has 0 saturated heterocycles. The van der Waals surface area contributed by atoms with Crippen molar-refractivity contribution in [2.24, 2.45) is 0 Å². The summed E-state index contributed by atoms with van der Waals surface area (Å²) in [5.41, 5.74) is 0.349. The third-order valence-corrected chi connectivity index (χ3v) is 5.24. The first-order chi connectivity index (χ1) is 10.8. The van der Waals surface area contributed by atoms with Crippen LogP contribution < -0.4 is 0 Å². The molecule has 0 aliphatic heterocycles. The van der Waals surface area contributed by atoms with Crippen molar-refractivity contribution in [3.63, 3.8) is 0 Å². The highest BCUT2D eigenvalue weighted by molar-refractivity contribution is 6.56. The maximum Gasteiger partial charge on any atom is 0.341 e. The summed E-state index contributed by atoms with van der Waals surface area (Å²) < 4.78 is 18.7. The second-order valence-corrected chi connectivity index (χ2v) is 6.25. The zero-order valence-corrected chi connectivity index (χ0v) is 15.3. The van der Waals surface area contributed by atoms with Crippen molar-refractivity contribution in [3.8, 4) is 11.1 Å². The maximum atomic E-state index is 13.8. The van der Waals surface area contributed by atoms with E-state index in [1.165, 1.54) is 12.1 Å². The lowest BCUT2D eigenvalue weighted by Crippen LogP contribution is -2.07. The molecule has 23 heavy (non-hydrogen) atoms. The van der Waals surface area contributed by atoms with E-state index in [0.29, 0.717) is 5.56 Å². The topological polar surface area (TPSA) is 26.3 Å². The van der Waals surface area contributed by atoms with Gasteiger partial charge in [0, 0.05) is 5.56 Å². The number of hydrogen-bond donors (Lipinski definition) is 0. The van der Waals surface area contributed by atoms with E-state index >= 15 is 0 Å². The van der Waals surface area contributed by atoms with Gasteiger partial charge in [-0.3, -0.25) is 0 Å². The van der Waals surface area contributed by atoms with Crippen LogP contribution in [-0.4, -0.2) is 12.6 Å². The monoisotopic (exact) mass is 414 g/mol. The van der Waals surface area contributed by atoms with Crippen LogP contribution in [0.5, 0.6) is 0 Å². The molecule has 0 heterocycles. The first kappa shape index (κ1) is 18.6. The normalized spacial score (nSPS) is 10.7. The molecule has 2 aromatic rings. The summed E-state index contributed by atoms with van der Waals surface area (Å²) in [7, 11) is 0. The molecular weight excluding hydrogens is 408 g/mol. The fourth-order valence-electron chi connectivity index (χ4n) is 1.90. The average molecular weight is 416 g/mol. The van der Waals surface area contributed by atoms with Crippen LogP contribution in [0.4, 0.5) is 4.39 Å². The van der Waals surface area contributed by atoms with Crippen molar-refractivity contribution in [2.45, 2.75) is 6.92 Å². The van der Waals surface area contributed by atoms with E-state index in [9.17, 15) is 9.18 Å². The second-order valence-electron chi connectivity index (χ2n) is 4.36. The number of rotatable bonds is 3. The Balaban J connectivity index is 2.69. The van der Waals surface area contributed by atoms with Crippen LogP contribution >= 0.6 is 58.0 Å². The highest BCUT2D eigenvalue weighted by atomic mass is 35.5.